The van der Waals surface area contributed by atoms with E-state index in [9.17, 15) is 13.6 Å². The molecular formula is C19H19F2N3O2. The van der Waals surface area contributed by atoms with Gasteiger partial charge in [-0.1, -0.05) is 24.3 Å². The highest BCUT2D eigenvalue weighted by Crippen LogP contribution is 2.15. The molecule has 26 heavy (non-hydrogen) atoms. The van der Waals surface area contributed by atoms with Gasteiger partial charge >= 0.3 is 6.61 Å². The van der Waals surface area contributed by atoms with Gasteiger partial charge in [0.25, 0.3) is 0 Å². The van der Waals surface area contributed by atoms with Crippen LogP contribution in [0.3, 0.4) is 0 Å². The second-order valence-electron chi connectivity index (χ2n) is 5.80. The maximum absolute atomic E-state index is 12.1. The molecule has 3 rings (SSSR count). The summed E-state index contributed by atoms with van der Waals surface area (Å²) >= 11 is 0. The molecule has 1 amide bonds. The van der Waals surface area contributed by atoms with Crippen molar-refractivity contribution in [2.24, 2.45) is 0 Å². The summed E-state index contributed by atoms with van der Waals surface area (Å²) in [7, 11) is 0. The summed E-state index contributed by atoms with van der Waals surface area (Å²) in [5, 5.41) is 2.86. The molecule has 0 aliphatic carbocycles. The van der Waals surface area contributed by atoms with Crippen LogP contribution in [-0.2, 0) is 17.8 Å². The fourth-order valence-electron chi connectivity index (χ4n) is 2.68. The molecule has 1 heterocycles. The lowest BCUT2D eigenvalue weighted by Crippen LogP contribution is -2.26. The van der Waals surface area contributed by atoms with Crippen LogP contribution in [0.4, 0.5) is 8.78 Å². The summed E-state index contributed by atoms with van der Waals surface area (Å²) in [6.45, 7) is -1.78. The quantitative estimate of drug-likeness (QED) is 0.671. The fraction of sp³-hybridized carbons (Fsp3) is 0.263. The lowest BCUT2D eigenvalue weighted by Gasteiger charge is -2.08. The van der Waals surface area contributed by atoms with Crippen molar-refractivity contribution in [3.8, 4) is 5.75 Å². The van der Waals surface area contributed by atoms with Crippen molar-refractivity contribution in [2.45, 2.75) is 26.0 Å². The van der Waals surface area contributed by atoms with Crippen molar-refractivity contribution < 1.29 is 18.3 Å². The highest BCUT2D eigenvalue weighted by atomic mass is 19.3. The van der Waals surface area contributed by atoms with Crippen LogP contribution in [-0.4, -0.2) is 28.6 Å². The number of nitrogens with one attached hydrogen (secondary N) is 1. The van der Waals surface area contributed by atoms with E-state index >= 15 is 0 Å². The van der Waals surface area contributed by atoms with Gasteiger partial charge in [0.1, 0.15) is 5.75 Å². The molecular weight excluding hydrogens is 340 g/mol. The number of benzene rings is 2. The maximum Gasteiger partial charge on any atom is 0.387 e. The Morgan fingerprint density at radius 2 is 1.92 bits per heavy atom. The minimum Gasteiger partial charge on any atom is -0.435 e. The number of rotatable bonds is 8. The fourth-order valence-corrected chi connectivity index (χ4v) is 2.68. The third-order valence-electron chi connectivity index (χ3n) is 3.99. The van der Waals surface area contributed by atoms with E-state index in [0.29, 0.717) is 25.9 Å². The van der Waals surface area contributed by atoms with E-state index in [1.807, 2.05) is 28.8 Å². The summed E-state index contributed by atoms with van der Waals surface area (Å²) in [4.78, 5) is 16.3. The molecule has 1 N–H and O–H groups in total. The maximum atomic E-state index is 12.1. The minimum atomic E-state index is -2.83. The molecule has 7 heteroatoms. The number of aromatic nitrogens is 2. The lowest BCUT2D eigenvalue weighted by molar-refractivity contribution is -0.121. The third-order valence-corrected chi connectivity index (χ3v) is 3.99. The van der Waals surface area contributed by atoms with Crippen molar-refractivity contribution in [1.29, 1.82) is 0 Å². The van der Waals surface area contributed by atoms with Crippen molar-refractivity contribution in [3.05, 3.63) is 60.4 Å². The van der Waals surface area contributed by atoms with Crippen LogP contribution in [0.25, 0.3) is 11.0 Å². The number of ether oxygens (including phenoxy) is 1. The Bertz CT molecular complexity index is 863. The number of alkyl halides is 2. The number of aryl methyl sites for hydroxylation is 1. The summed E-state index contributed by atoms with van der Waals surface area (Å²) < 4.78 is 30.5. The third kappa shape index (κ3) is 4.78. The van der Waals surface area contributed by atoms with Crippen LogP contribution in [0.15, 0.2) is 54.9 Å². The van der Waals surface area contributed by atoms with E-state index < -0.39 is 6.61 Å². The zero-order valence-electron chi connectivity index (χ0n) is 14.1. The second-order valence-corrected chi connectivity index (χ2v) is 5.80. The number of carbonyl (C=O) groups is 1. The number of hydrogen-bond donors (Lipinski definition) is 1. The lowest BCUT2D eigenvalue weighted by atomic mass is 10.1. The predicted octanol–water partition coefficient (Wildman–Crippen LogP) is 3.39. The molecule has 0 bridgehead atoms. The van der Waals surface area contributed by atoms with Crippen LogP contribution in [0.2, 0.25) is 0 Å². The van der Waals surface area contributed by atoms with Gasteiger partial charge in [0.2, 0.25) is 5.91 Å². The first-order valence-electron chi connectivity index (χ1n) is 8.32. The van der Waals surface area contributed by atoms with Crippen molar-refractivity contribution in [2.75, 3.05) is 6.54 Å². The van der Waals surface area contributed by atoms with E-state index in [4.69, 9.17) is 0 Å². The van der Waals surface area contributed by atoms with Gasteiger partial charge in [-0.25, -0.2) is 4.98 Å². The van der Waals surface area contributed by atoms with Crippen molar-refractivity contribution >= 4 is 16.9 Å². The van der Waals surface area contributed by atoms with Gasteiger partial charge < -0.3 is 14.6 Å². The van der Waals surface area contributed by atoms with E-state index in [0.717, 1.165) is 16.6 Å². The molecule has 0 unspecified atom stereocenters. The van der Waals surface area contributed by atoms with Crippen LogP contribution in [0.1, 0.15) is 12.0 Å². The average molecular weight is 359 g/mol. The monoisotopic (exact) mass is 359 g/mol. The van der Waals surface area contributed by atoms with E-state index in [1.54, 1.807) is 18.5 Å². The molecule has 3 aromatic rings. The van der Waals surface area contributed by atoms with Crippen LogP contribution in [0.5, 0.6) is 5.75 Å². The molecule has 0 aliphatic rings. The Balaban J connectivity index is 1.41. The standard InChI is InChI=1S/C19H19F2N3O2/c20-19(21)26-15-7-5-14(6-8-15)9-11-22-18(25)10-12-24-13-23-16-3-1-2-4-17(16)24/h1-8,13,19H,9-12H2,(H,22,25). The molecule has 2 aromatic carbocycles. The first-order chi connectivity index (χ1) is 12.6. The van der Waals surface area contributed by atoms with Gasteiger partial charge in [-0.3, -0.25) is 4.79 Å². The summed E-state index contributed by atoms with van der Waals surface area (Å²) in [5.74, 6) is 0.0841. The SMILES string of the molecule is O=C(CCn1cnc2ccccc21)NCCc1ccc(OC(F)F)cc1. The Hall–Kier alpha value is -2.96. The second kappa shape index (κ2) is 8.42. The Kier molecular flexibility index (Phi) is 5.78. The van der Waals surface area contributed by atoms with Crippen molar-refractivity contribution in [3.63, 3.8) is 0 Å². The predicted molar refractivity (Wildman–Crippen MR) is 94.1 cm³/mol. The normalized spacial score (nSPS) is 11.0. The number of hydrogen-bond acceptors (Lipinski definition) is 3. The average Bonchev–Trinajstić information content (AvgIpc) is 3.04. The molecule has 0 radical (unpaired) electrons. The highest BCUT2D eigenvalue weighted by Gasteiger charge is 2.06. The highest BCUT2D eigenvalue weighted by molar-refractivity contribution is 5.77. The first kappa shape index (κ1) is 17.8. The number of para-hydroxylation sites is 2. The molecule has 0 aliphatic heterocycles. The summed E-state index contributed by atoms with van der Waals surface area (Å²) in [6.07, 6.45) is 2.72. The first-order valence-corrected chi connectivity index (χ1v) is 8.32. The van der Waals surface area contributed by atoms with Crippen LogP contribution in [0, 0.1) is 0 Å². The van der Waals surface area contributed by atoms with Crippen LogP contribution < -0.4 is 10.1 Å². The molecule has 1 aromatic heterocycles. The number of nitrogens with zero attached hydrogens (tertiary/aromatic N) is 2. The molecule has 0 atom stereocenters. The van der Waals surface area contributed by atoms with E-state index in [-0.39, 0.29) is 11.7 Å². The summed E-state index contributed by atoms with van der Waals surface area (Å²) in [6, 6.07) is 14.2. The molecule has 0 fully saturated rings. The minimum absolute atomic E-state index is 0.0413. The molecule has 0 saturated heterocycles. The molecule has 0 saturated carbocycles. The Morgan fingerprint density at radius 1 is 1.15 bits per heavy atom. The smallest absolute Gasteiger partial charge is 0.387 e. The number of amides is 1. The van der Waals surface area contributed by atoms with E-state index in [2.05, 4.69) is 15.0 Å². The number of imidazole rings is 1. The van der Waals surface area contributed by atoms with Gasteiger partial charge in [-0.05, 0) is 36.2 Å². The topological polar surface area (TPSA) is 56.2 Å². The summed E-state index contributed by atoms with van der Waals surface area (Å²) in [5.41, 5.74) is 2.85. The van der Waals surface area contributed by atoms with Crippen molar-refractivity contribution in [1.82, 2.24) is 14.9 Å². The zero-order valence-corrected chi connectivity index (χ0v) is 14.1. The van der Waals surface area contributed by atoms with Gasteiger partial charge in [-0.15, -0.1) is 0 Å². The van der Waals surface area contributed by atoms with Crippen LogP contribution >= 0.6 is 0 Å². The molecule has 136 valence electrons. The molecule has 0 spiro atoms. The molecule has 5 nitrogen and oxygen atoms in total. The van der Waals surface area contributed by atoms with Gasteiger partial charge in [0, 0.05) is 19.5 Å². The number of fused-ring (bicyclic) bond motifs is 1. The van der Waals surface area contributed by atoms with E-state index in [1.165, 1.54) is 12.1 Å². The number of carbonyl (C=O) groups excluding carboxylic acids is 1. The Labute approximate surface area is 149 Å². The van der Waals surface area contributed by atoms with Gasteiger partial charge in [-0.2, -0.15) is 8.78 Å². The van der Waals surface area contributed by atoms with Gasteiger partial charge in [0.15, 0.2) is 0 Å². The Morgan fingerprint density at radius 3 is 2.69 bits per heavy atom. The largest absolute Gasteiger partial charge is 0.435 e. The zero-order chi connectivity index (χ0) is 18.4. The van der Waals surface area contributed by atoms with Gasteiger partial charge in [0.05, 0.1) is 17.4 Å². The number of halogens is 2.